The molecule has 0 aliphatic rings. The summed E-state index contributed by atoms with van der Waals surface area (Å²) < 4.78 is 1.27. The van der Waals surface area contributed by atoms with Gasteiger partial charge in [0.15, 0.2) is 0 Å². The Kier molecular flexibility index (Phi) is 4.50. The number of halogens is 1. The van der Waals surface area contributed by atoms with Crippen molar-refractivity contribution in [3.05, 3.63) is 62.8 Å². The molecule has 0 spiro atoms. The van der Waals surface area contributed by atoms with E-state index in [4.69, 9.17) is 0 Å². The number of rotatable bonds is 4. The number of thiazole rings is 1. The van der Waals surface area contributed by atoms with E-state index in [1.807, 2.05) is 18.2 Å². The van der Waals surface area contributed by atoms with Gasteiger partial charge in [0.1, 0.15) is 5.01 Å². The summed E-state index contributed by atoms with van der Waals surface area (Å²) in [5, 5.41) is 6.46. The minimum Gasteiger partial charge on any atom is -0.379 e. The van der Waals surface area contributed by atoms with Gasteiger partial charge in [-0.1, -0.05) is 12.1 Å². The molecule has 0 amide bonds. The molecule has 2 aromatic heterocycles. The molecular weight excluding hydrogens is 393 g/mol. The van der Waals surface area contributed by atoms with Crippen LogP contribution >= 0.6 is 33.9 Å². The van der Waals surface area contributed by atoms with Crippen molar-refractivity contribution in [1.82, 2.24) is 9.97 Å². The Balaban J connectivity index is 1.69. The SMILES string of the molecule is Cc1ccc(NCc2csc(-c3ccccn3)n2)cc1I. The Bertz CT molecular complexity index is 740. The third kappa shape index (κ3) is 3.59. The summed E-state index contributed by atoms with van der Waals surface area (Å²) in [5.41, 5.74) is 4.39. The standard InChI is InChI=1S/C16H14IN3S/c1-11-5-6-12(8-14(11)17)19-9-13-10-21-16(20-13)15-4-2-3-7-18-15/h2-8,10,19H,9H2,1H3. The summed E-state index contributed by atoms with van der Waals surface area (Å²) in [6, 6.07) is 12.3. The third-order valence-corrected chi connectivity index (χ3v) is 5.16. The summed E-state index contributed by atoms with van der Waals surface area (Å²) >= 11 is 3.98. The van der Waals surface area contributed by atoms with E-state index >= 15 is 0 Å². The van der Waals surface area contributed by atoms with Gasteiger partial charge < -0.3 is 5.32 Å². The molecule has 1 N–H and O–H groups in total. The van der Waals surface area contributed by atoms with Gasteiger partial charge in [0.2, 0.25) is 0 Å². The molecule has 0 bridgehead atoms. The van der Waals surface area contributed by atoms with Crippen molar-refractivity contribution in [2.75, 3.05) is 5.32 Å². The second-order valence-electron chi connectivity index (χ2n) is 4.68. The number of aryl methyl sites for hydroxylation is 1. The van der Waals surface area contributed by atoms with E-state index in [1.54, 1.807) is 17.5 Å². The number of hydrogen-bond acceptors (Lipinski definition) is 4. The Hall–Kier alpha value is -1.47. The van der Waals surface area contributed by atoms with Crippen LogP contribution in [0.5, 0.6) is 0 Å². The van der Waals surface area contributed by atoms with Gasteiger partial charge in [-0.05, 0) is 59.3 Å². The van der Waals surface area contributed by atoms with Crippen molar-refractivity contribution in [3.8, 4) is 10.7 Å². The number of pyridine rings is 1. The van der Waals surface area contributed by atoms with E-state index in [0.717, 1.165) is 28.6 Å². The molecule has 0 saturated carbocycles. The molecule has 0 unspecified atom stereocenters. The zero-order chi connectivity index (χ0) is 14.7. The summed E-state index contributed by atoms with van der Waals surface area (Å²) in [5.74, 6) is 0. The highest BCUT2D eigenvalue weighted by molar-refractivity contribution is 14.1. The van der Waals surface area contributed by atoms with Crippen molar-refractivity contribution in [2.24, 2.45) is 0 Å². The van der Waals surface area contributed by atoms with Crippen LogP contribution in [0.15, 0.2) is 48.0 Å². The van der Waals surface area contributed by atoms with E-state index in [1.165, 1.54) is 9.13 Å². The average Bonchev–Trinajstić information content (AvgIpc) is 2.98. The largest absolute Gasteiger partial charge is 0.379 e. The van der Waals surface area contributed by atoms with Crippen molar-refractivity contribution in [3.63, 3.8) is 0 Å². The van der Waals surface area contributed by atoms with Crippen molar-refractivity contribution < 1.29 is 0 Å². The number of benzene rings is 1. The van der Waals surface area contributed by atoms with Gasteiger partial charge in [0, 0.05) is 20.8 Å². The molecule has 0 radical (unpaired) electrons. The number of nitrogens with zero attached hydrogens (tertiary/aromatic N) is 2. The molecule has 106 valence electrons. The lowest BCUT2D eigenvalue weighted by molar-refractivity contribution is 1.07. The predicted molar refractivity (Wildman–Crippen MR) is 96.6 cm³/mol. The quantitative estimate of drug-likeness (QED) is 0.636. The van der Waals surface area contributed by atoms with E-state index in [0.29, 0.717) is 0 Å². The average molecular weight is 407 g/mol. The molecule has 5 heteroatoms. The van der Waals surface area contributed by atoms with E-state index in [2.05, 4.69) is 68.4 Å². The summed E-state index contributed by atoms with van der Waals surface area (Å²) in [6.45, 7) is 2.84. The first-order valence-electron chi connectivity index (χ1n) is 6.58. The highest BCUT2D eigenvalue weighted by atomic mass is 127. The molecular formula is C16H14IN3S. The first-order valence-corrected chi connectivity index (χ1v) is 8.54. The van der Waals surface area contributed by atoms with Crippen LogP contribution in [0.25, 0.3) is 10.7 Å². The second kappa shape index (κ2) is 6.53. The van der Waals surface area contributed by atoms with Crippen molar-refractivity contribution in [1.29, 1.82) is 0 Å². The Morgan fingerprint density at radius 3 is 2.90 bits per heavy atom. The Labute approximate surface area is 141 Å². The fourth-order valence-corrected chi connectivity index (χ4v) is 3.20. The molecule has 2 heterocycles. The molecule has 0 aliphatic heterocycles. The summed E-state index contributed by atoms with van der Waals surface area (Å²) in [4.78, 5) is 8.96. The predicted octanol–water partition coefficient (Wildman–Crippen LogP) is 4.73. The number of nitrogens with one attached hydrogen (secondary N) is 1. The van der Waals surface area contributed by atoms with Crippen LogP contribution in [-0.2, 0) is 6.54 Å². The highest BCUT2D eigenvalue weighted by Gasteiger charge is 2.05. The molecule has 3 nitrogen and oxygen atoms in total. The van der Waals surface area contributed by atoms with Crippen LogP contribution in [-0.4, -0.2) is 9.97 Å². The fourth-order valence-electron chi connectivity index (χ4n) is 1.89. The molecule has 0 fully saturated rings. The molecule has 3 rings (SSSR count). The molecule has 1 aromatic carbocycles. The van der Waals surface area contributed by atoms with Crippen LogP contribution in [0.1, 0.15) is 11.3 Å². The minimum atomic E-state index is 0.725. The molecule has 21 heavy (non-hydrogen) atoms. The first kappa shape index (κ1) is 14.5. The van der Waals surface area contributed by atoms with Crippen molar-refractivity contribution >= 4 is 39.6 Å². The smallest absolute Gasteiger partial charge is 0.142 e. The lowest BCUT2D eigenvalue weighted by Crippen LogP contribution is -2.00. The zero-order valence-electron chi connectivity index (χ0n) is 11.5. The fraction of sp³-hybridized carbons (Fsp3) is 0.125. The monoisotopic (exact) mass is 407 g/mol. The third-order valence-electron chi connectivity index (χ3n) is 3.08. The molecule has 3 aromatic rings. The zero-order valence-corrected chi connectivity index (χ0v) is 14.5. The molecule has 0 saturated heterocycles. The normalized spacial score (nSPS) is 10.6. The van der Waals surface area contributed by atoms with Gasteiger partial charge in [0.25, 0.3) is 0 Å². The second-order valence-corrected chi connectivity index (χ2v) is 6.70. The van der Waals surface area contributed by atoms with Crippen LogP contribution < -0.4 is 5.32 Å². The molecule has 0 atom stereocenters. The van der Waals surface area contributed by atoms with Gasteiger partial charge in [-0.2, -0.15) is 0 Å². The number of aromatic nitrogens is 2. The first-order chi connectivity index (χ1) is 10.2. The summed E-state index contributed by atoms with van der Waals surface area (Å²) in [6.07, 6.45) is 1.79. The van der Waals surface area contributed by atoms with E-state index in [9.17, 15) is 0 Å². The van der Waals surface area contributed by atoms with Crippen LogP contribution in [0.2, 0.25) is 0 Å². The molecule has 0 aliphatic carbocycles. The lowest BCUT2D eigenvalue weighted by atomic mass is 10.2. The van der Waals surface area contributed by atoms with Gasteiger partial charge in [0.05, 0.1) is 17.9 Å². The highest BCUT2D eigenvalue weighted by Crippen LogP contribution is 2.22. The number of hydrogen-bond donors (Lipinski definition) is 1. The topological polar surface area (TPSA) is 37.8 Å². The van der Waals surface area contributed by atoms with Gasteiger partial charge in [-0.25, -0.2) is 4.98 Å². The van der Waals surface area contributed by atoms with Crippen LogP contribution in [0.4, 0.5) is 5.69 Å². The van der Waals surface area contributed by atoms with Crippen LogP contribution in [0, 0.1) is 10.5 Å². The maximum Gasteiger partial charge on any atom is 0.142 e. The Morgan fingerprint density at radius 1 is 1.24 bits per heavy atom. The van der Waals surface area contributed by atoms with E-state index < -0.39 is 0 Å². The maximum atomic E-state index is 4.63. The lowest BCUT2D eigenvalue weighted by Gasteiger charge is -2.06. The minimum absolute atomic E-state index is 0.725. The Morgan fingerprint density at radius 2 is 2.14 bits per heavy atom. The summed E-state index contributed by atoms with van der Waals surface area (Å²) in [7, 11) is 0. The maximum absolute atomic E-state index is 4.63. The van der Waals surface area contributed by atoms with Gasteiger partial charge >= 0.3 is 0 Å². The number of anilines is 1. The van der Waals surface area contributed by atoms with Gasteiger partial charge in [-0.15, -0.1) is 11.3 Å². The van der Waals surface area contributed by atoms with Crippen LogP contribution in [0.3, 0.4) is 0 Å². The van der Waals surface area contributed by atoms with Crippen molar-refractivity contribution in [2.45, 2.75) is 13.5 Å². The van der Waals surface area contributed by atoms with Gasteiger partial charge in [-0.3, -0.25) is 4.98 Å². The van der Waals surface area contributed by atoms with E-state index in [-0.39, 0.29) is 0 Å².